The van der Waals surface area contributed by atoms with E-state index in [1.54, 1.807) is 0 Å². The molecule has 0 aliphatic rings. The van der Waals surface area contributed by atoms with Crippen LogP contribution in [0.3, 0.4) is 0 Å². The summed E-state index contributed by atoms with van der Waals surface area (Å²) < 4.78 is 27.1. The van der Waals surface area contributed by atoms with E-state index >= 15 is 0 Å². The molecule has 1 atom stereocenters. The third-order valence-corrected chi connectivity index (χ3v) is 4.04. The average Bonchev–Trinajstić information content (AvgIpc) is 2.60. The van der Waals surface area contributed by atoms with Crippen LogP contribution < -0.4 is 4.90 Å². The van der Waals surface area contributed by atoms with E-state index in [9.17, 15) is 13.9 Å². The summed E-state index contributed by atoms with van der Waals surface area (Å²) in [5.74, 6) is -1.39. The number of rotatable bonds is 5. The van der Waals surface area contributed by atoms with E-state index in [1.807, 2.05) is 42.3 Å². The van der Waals surface area contributed by atoms with Gasteiger partial charge in [-0.2, -0.15) is 0 Å². The van der Waals surface area contributed by atoms with Crippen LogP contribution in [0.1, 0.15) is 18.0 Å². The first-order valence-corrected chi connectivity index (χ1v) is 7.60. The summed E-state index contributed by atoms with van der Waals surface area (Å²) in [5.41, 5.74) is 1.34. The number of hydrogen-bond donors (Lipinski definition) is 1. The standard InChI is InChI=1S/C18H17F2N3O/c1-23(17(7-8-24)12-5-3-2-4-6-12)18-13-9-14(19)15(20)10-16(13)21-11-22-18/h2-6,9-11,17,24H,7-8H2,1H3/t17-/m1/s1. The van der Waals surface area contributed by atoms with Gasteiger partial charge < -0.3 is 10.0 Å². The Morgan fingerprint density at radius 3 is 2.50 bits per heavy atom. The predicted molar refractivity (Wildman–Crippen MR) is 88.7 cm³/mol. The maximum atomic E-state index is 13.7. The summed E-state index contributed by atoms with van der Waals surface area (Å²) in [5, 5.41) is 9.85. The zero-order chi connectivity index (χ0) is 17.1. The molecule has 0 spiro atoms. The summed E-state index contributed by atoms with van der Waals surface area (Å²) in [4.78, 5) is 10.1. The molecule has 1 N–H and O–H groups in total. The molecular weight excluding hydrogens is 312 g/mol. The molecule has 0 fully saturated rings. The van der Waals surface area contributed by atoms with E-state index in [0.29, 0.717) is 23.1 Å². The molecule has 1 heterocycles. The van der Waals surface area contributed by atoms with Gasteiger partial charge in [-0.15, -0.1) is 0 Å². The molecule has 3 aromatic rings. The number of anilines is 1. The van der Waals surface area contributed by atoms with E-state index in [2.05, 4.69) is 9.97 Å². The van der Waals surface area contributed by atoms with Gasteiger partial charge in [-0.05, 0) is 18.1 Å². The predicted octanol–water partition coefficient (Wildman–Crippen LogP) is 3.47. The van der Waals surface area contributed by atoms with Crippen LogP contribution in [-0.2, 0) is 0 Å². The molecule has 0 bridgehead atoms. The van der Waals surface area contributed by atoms with Crippen molar-refractivity contribution in [1.29, 1.82) is 0 Å². The van der Waals surface area contributed by atoms with Crippen LogP contribution in [-0.4, -0.2) is 28.7 Å². The minimum absolute atomic E-state index is 0.00406. The highest BCUT2D eigenvalue weighted by Crippen LogP contribution is 2.31. The van der Waals surface area contributed by atoms with Gasteiger partial charge in [0.2, 0.25) is 0 Å². The zero-order valence-corrected chi connectivity index (χ0v) is 13.2. The third-order valence-electron chi connectivity index (χ3n) is 4.04. The fraction of sp³-hybridized carbons (Fsp3) is 0.222. The molecule has 0 radical (unpaired) electrons. The average molecular weight is 329 g/mol. The molecule has 0 saturated heterocycles. The molecule has 124 valence electrons. The van der Waals surface area contributed by atoms with Crippen molar-refractivity contribution in [3.8, 4) is 0 Å². The lowest BCUT2D eigenvalue weighted by molar-refractivity contribution is 0.274. The fourth-order valence-electron chi connectivity index (χ4n) is 2.85. The van der Waals surface area contributed by atoms with Gasteiger partial charge in [0.05, 0.1) is 11.6 Å². The van der Waals surface area contributed by atoms with Gasteiger partial charge in [-0.1, -0.05) is 30.3 Å². The molecule has 0 unspecified atom stereocenters. The minimum Gasteiger partial charge on any atom is -0.396 e. The number of aromatic nitrogens is 2. The second kappa shape index (κ2) is 6.88. The number of nitrogens with zero attached hydrogens (tertiary/aromatic N) is 3. The number of aliphatic hydroxyl groups excluding tert-OH is 1. The summed E-state index contributed by atoms with van der Waals surface area (Å²) >= 11 is 0. The fourth-order valence-corrected chi connectivity index (χ4v) is 2.85. The number of hydrogen-bond acceptors (Lipinski definition) is 4. The molecule has 6 heteroatoms. The molecule has 3 rings (SSSR count). The smallest absolute Gasteiger partial charge is 0.161 e. The number of aliphatic hydroxyl groups is 1. The monoisotopic (exact) mass is 329 g/mol. The van der Waals surface area contributed by atoms with Crippen molar-refractivity contribution in [2.24, 2.45) is 0 Å². The Hall–Kier alpha value is -2.60. The van der Waals surface area contributed by atoms with Crippen LogP contribution in [0.2, 0.25) is 0 Å². The maximum absolute atomic E-state index is 13.7. The molecular formula is C18H17F2N3O. The molecule has 1 aromatic heterocycles. The van der Waals surface area contributed by atoms with Crippen molar-refractivity contribution in [3.63, 3.8) is 0 Å². The van der Waals surface area contributed by atoms with E-state index in [0.717, 1.165) is 17.7 Å². The number of halogens is 2. The maximum Gasteiger partial charge on any atom is 0.161 e. The molecule has 0 aliphatic heterocycles. The molecule has 24 heavy (non-hydrogen) atoms. The first kappa shape index (κ1) is 16.3. The van der Waals surface area contributed by atoms with Gasteiger partial charge >= 0.3 is 0 Å². The van der Waals surface area contributed by atoms with Crippen LogP contribution in [0, 0.1) is 11.6 Å². The van der Waals surface area contributed by atoms with Crippen molar-refractivity contribution < 1.29 is 13.9 Å². The van der Waals surface area contributed by atoms with E-state index in [4.69, 9.17) is 0 Å². The first-order chi connectivity index (χ1) is 11.6. The molecule has 2 aromatic carbocycles. The van der Waals surface area contributed by atoms with Gasteiger partial charge in [0, 0.05) is 25.1 Å². The highest BCUT2D eigenvalue weighted by Gasteiger charge is 2.21. The summed E-state index contributed by atoms with van der Waals surface area (Å²) in [6.07, 6.45) is 1.81. The highest BCUT2D eigenvalue weighted by atomic mass is 19.2. The Bertz CT molecular complexity index is 842. The highest BCUT2D eigenvalue weighted by molar-refractivity contribution is 5.89. The Morgan fingerprint density at radius 1 is 1.08 bits per heavy atom. The van der Waals surface area contributed by atoms with Crippen molar-refractivity contribution in [2.45, 2.75) is 12.5 Å². The van der Waals surface area contributed by atoms with Crippen molar-refractivity contribution in [3.05, 3.63) is 66.0 Å². The SMILES string of the molecule is CN(c1ncnc2cc(F)c(F)cc12)[C@H](CCO)c1ccccc1. The van der Waals surface area contributed by atoms with Gasteiger partial charge in [-0.25, -0.2) is 18.7 Å². The van der Waals surface area contributed by atoms with Gasteiger partial charge in [0.25, 0.3) is 0 Å². The Balaban J connectivity index is 2.09. The van der Waals surface area contributed by atoms with E-state index in [-0.39, 0.29) is 12.6 Å². The quantitative estimate of drug-likeness (QED) is 0.779. The van der Waals surface area contributed by atoms with Crippen LogP contribution in [0.15, 0.2) is 48.8 Å². The van der Waals surface area contributed by atoms with Gasteiger partial charge in [0.15, 0.2) is 11.6 Å². The lowest BCUT2D eigenvalue weighted by Crippen LogP contribution is -2.26. The van der Waals surface area contributed by atoms with Crippen molar-refractivity contribution >= 4 is 16.7 Å². The minimum atomic E-state index is -0.940. The Kier molecular flexibility index (Phi) is 4.66. The molecule has 4 nitrogen and oxygen atoms in total. The largest absolute Gasteiger partial charge is 0.396 e. The second-order valence-electron chi connectivity index (χ2n) is 5.53. The lowest BCUT2D eigenvalue weighted by Gasteiger charge is -2.30. The summed E-state index contributed by atoms with van der Waals surface area (Å²) in [6, 6.07) is 11.7. The van der Waals surface area contributed by atoms with E-state index in [1.165, 1.54) is 6.33 Å². The van der Waals surface area contributed by atoms with Gasteiger partial charge in [0.1, 0.15) is 12.1 Å². The zero-order valence-electron chi connectivity index (χ0n) is 13.2. The van der Waals surface area contributed by atoms with Gasteiger partial charge in [-0.3, -0.25) is 0 Å². The molecule has 0 amide bonds. The van der Waals surface area contributed by atoms with Crippen molar-refractivity contribution in [1.82, 2.24) is 9.97 Å². The second-order valence-corrected chi connectivity index (χ2v) is 5.53. The number of benzene rings is 2. The third kappa shape index (κ3) is 3.05. The normalized spacial score (nSPS) is 12.3. The molecule has 0 aliphatic carbocycles. The molecule has 0 saturated carbocycles. The summed E-state index contributed by atoms with van der Waals surface area (Å²) in [7, 11) is 1.82. The van der Waals surface area contributed by atoms with Crippen LogP contribution in [0.5, 0.6) is 0 Å². The first-order valence-electron chi connectivity index (χ1n) is 7.60. The van der Waals surface area contributed by atoms with Crippen LogP contribution in [0.25, 0.3) is 10.9 Å². The lowest BCUT2D eigenvalue weighted by atomic mass is 10.0. The van der Waals surface area contributed by atoms with Crippen molar-refractivity contribution in [2.75, 3.05) is 18.6 Å². The summed E-state index contributed by atoms with van der Waals surface area (Å²) in [6.45, 7) is -0.00406. The van der Waals surface area contributed by atoms with E-state index < -0.39 is 11.6 Å². The Labute approximate surface area is 138 Å². The Morgan fingerprint density at radius 2 is 1.79 bits per heavy atom. The van der Waals surface area contributed by atoms with Crippen LogP contribution >= 0.6 is 0 Å². The van der Waals surface area contributed by atoms with Crippen LogP contribution in [0.4, 0.5) is 14.6 Å². The topological polar surface area (TPSA) is 49.2 Å². The number of fused-ring (bicyclic) bond motifs is 1.